The first-order chi connectivity index (χ1) is 11.2. The lowest BCUT2D eigenvalue weighted by atomic mass is 10.0. The third kappa shape index (κ3) is 2.89. The highest BCUT2D eigenvalue weighted by atomic mass is 16.8. The van der Waals surface area contributed by atoms with Crippen molar-refractivity contribution < 1.29 is 38.6 Å². The van der Waals surface area contributed by atoms with Gasteiger partial charge in [-0.1, -0.05) is 0 Å². The van der Waals surface area contributed by atoms with Crippen LogP contribution in [-0.4, -0.2) is 71.0 Å². The van der Waals surface area contributed by atoms with Crippen LogP contribution in [0.5, 0.6) is 0 Å². The Balaban J connectivity index is 1.30. The molecule has 4 saturated heterocycles. The lowest BCUT2D eigenvalue weighted by Crippen LogP contribution is -2.37. The third-order valence-corrected chi connectivity index (χ3v) is 4.96. The number of fused-ring (bicyclic) bond motifs is 2. The van der Waals surface area contributed by atoms with Crippen LogP contribution in [0.15, 0.2) is 0 Å². The minimum atomic E-state index is -0.763. The van der Waals surface area contributed by atoms with Crippen molar-refractivity contribution in [2.24, 2.45) is 0 Å². The molecule has 0 amide bonds. The number of hydrogen-bond donors (Lipinski definition) is 2. The van der Waals surface area contributed by atoms with Gasteiger partial charge in [0.05, 0.1) is 12.2 Å². The highest BCUT2D eigenvalue weighted by Gasteiger charge is 2.56. The fraction of sp³-hybridized carbons (Fsp3) is 1.00. The van der Waals surface area contributed by atoms with E-state index in [2.05, 4.69) is 0 Å². The quantitative estimate of drug-likeness (QED) is 0.750. The van der Waals surface area contributed by atoms with Crippen molar-refractivity contribution in [1.29, 1.82) is 0 Å². The summed E-state index contributed by atoms with van der Waals surface area (Å²) in [4.78, 5) is 0. The Bertz CT molecular complexity index is 450. The summed E-state index contributed by atoms with van der Waals surface area (Å²) in [7, 11) is 0. The van der Waals surface area contributed by atoms with E-state index in [0.717, 1.165) is 0 Å². The number of aliphatic hydroxyl groups is 2. The smallest absolute Gasteiger partial charge is 0.190 e. The van der Waals surface area contributed by atoms with Gasteiger partial charge in [-0.3, -0.25) is 0 Å². The molecule has 8 nitrogen and oxygen atoms in total. The zero-order valence-electron chi connectivity index (χ0n) is 14.4. The number of aliphatic hydroxyl groups excluding tert-OH is 2. The Kier molecular flexibility index (Phi) is 3.98. The molecule has 0 aliphatic carbocycles. The van der Waals surface area contributed by atoms with Gasteiger partial charge in [0.2, 0.25) is 0 Å². The Morgan fingerprint density at radius 2 is 1.04 bits per heavy atom. The summed E-state index contributed by atoms with van der Waals surface area (Å²) in [6.07, 6.45) is -3.38. The third-order valence-electron chi connectivity index (χ3n) is 4.96. The summed E-state index contributed by atoms with van der Waals surface area (Å²) >= 11 is 0. The average molecular weight is 346 g/mol. The van der Waals surface area contributed by atoms with Crippen LogP contribution in [0.25, 0.3) is 0 Å². The molecule has 0 saturated carbocycles. The largest absolute Gasteiger partial charge is 0.387 e. The first-order valence-electron chi connectivity index (χ1n) is 8.54. The molecule has 4 aliphatic heterocycles. The van der Waals surface area contributed by atoms with E-state index in [1.807, 2.05) is 0 Å². The SMILES string of the molecule is CC1(C)O[C@H]2O[C@H](CC[C@H]3O[C@@H]4OC(C)(C)O[C@@H]4[C@H]3O)[C@H](O)[C@H]2O1. The second-order valence-corrected chi connectivity index (χ2v) is 7.84. The molecule has 0 aromatic heterocycles. The van der Waals surface area contributed by atoms with Crippen LogP contribution < -0.4 is 0 Å². The van der Waals surface area contributed by atoms with E-state index < -0.39 is 60.8 Å². The molecule has 4 fully saturated rings. The number of ether oxygens (including phenoxy) is 6. The molecule has 0 bridgehead atoms. The van der Waals surface area contributed by atoms with Crippen LogP contribution in [0, 0.1) is 0 Å². The summed E-state index contributed by atoms with van der Waals surface area (Å²) in [5.41, 5.74) is 0. The maximum Gasteiger partial charge on any atom is 0.190 e. The standard InChI is InChI=1S/C16H26O8/c1-15(2)21-11-9(17)7(19-13(11)23-15)5-6-8-10(18)12-14(20-8)24-16(3,4)22-12/h7-14,17-18H,5-6H2,1-4H3/t7-,8-,9+,10+,11-,12-,13-,14-/m1/s1. The monoisotopic (exact) mass is 346 g/mol. The Labute approximate surface area is 140 Å². The highest BCUT2D eigenvalue weighted by molar-refractivity contribution is 4.96. The van der Waals surface area contributed by atoms with E-state index >= 15 is 0 Å². The van der Waals surface area contributed by atoms with Crippen LogP contribution in [0.4, 0.5) is 0 Å². The Morgan fingerprint density at radius 3 is 1.38 bits per heavy atom. The molecule has 24 heavy (non-hydrogen) atoms. The second kappa shape index (κ2) is 5.59. The van der Waals surface area contributed by atoms with Crippen molar-refractivity contribution >= 4 is 0 Å². The fourth-order valence-corrected chi connectivity index (χ4v) is 3.92. The van der Waals surface area contributed by atoms with Gasteiger partial charge in [-0.05, 0) is 40.5 Å². The highest BCUT2D eigenvalue weighted by Crippen LogP contribution is 2.41. The summed E-state index contributed by atoms with van der Waals surface area (Å²) in [5.74, 6) is -1.49. The van der Waals surface area contributed by atoms with Crippen molar-refractivity contribution in [2.45, 2.75) is 101 Å². The topological polar surface area (TPSA) is 95.8 Å². The lowest BCUT2D eigenvalue weighted by molar-refractivity contribution is -0.223. The van der Waals surface area contributed by atoms with Crippen molar-refractivity contribution in [2.75, 3.05) is 0 Å². The van der Waals surface area contributed by atoms with Crippen molar-refractivity contribution in [3.63, 3.8) is 0 Å². The predicted molar refractivity (Wildman–Crippen MR) is 78.6 cm³/mol. The molecular weight excluding hydrogens is 320 g/mol. The van der Waals surface area contributed by atoms with Crippen LogP contribution in [0.1, 0.15) is 40.5 Å². The molecule has 8 heteroatoms. The van der Waals surface area contributed by atoms with Gasteiger partial charge in [-0.15, -0.1) is 0 Å². The number of rotatable bonds is 3. The minimum absolute atomic E-state index is 0.411. The van der Waals surface area contributed by atoms with Crippen LogP contribution in [-0.2, 0) is 28.4 Å². The zero-order chi connectivity index (χ0) is 17.3. The van der Waals surface area contributed by atoms with Crippen LogP contribution in [0.3, 0.4) is 0 Å². The first-order valence-corrected chi connectivity index (χ1v) is 8.54. The Hall–Kier alpha value is -0.320. The van der Waals surface area contributed by atoms with E-state index in [1.165, 1.54) is 0 Å². The maximum absolute atomic E-state index is 10.4. The van der Waals surface area contributed by atoms with Gasteiger partial charge < -0.3 is 38.6 Å². The van der Waals surface area contributed by atoms with Gasteiger partial charge >= 0.3 is 0 Å². The van der Waals surface area contributed by atoms with Gasteiger partial charge in [-0.2, -0.15) is 0 Å². The molecule has 138 valence electrons. The average Bonchev–Trinajstić information content (AvgIpc) is 3.10. The van der Waals surface area contributed by atoms with Gasteiger partial charge in [0.15, 0.2) is 24.2 Å². The van der Waals surface area contributed by atoms with E-state index in [1.54, 1.807) is 27.7 Å². The Morgan fingerprint density at radius 1 is 0.667 bits per heavy atom. The zero-order valence-corrected chi connectivity index (χ0v) is 14.4. The van der Waals surface area contributed by atoms with Gasteiger partial charge in [0, 0.05) is 0 Å². The van der Waals surface area contributed by atoms with Crippen LogP contribution >= 0.6 is 0 Å². The maximum atomic E-state index is 10.4. The normalized spacial score (nSPS) is 51.8. The predicted octanol–water partition coefficient (Wildman–Crippen LogP) is 0.241. The molecule has 2 N–H and O–H groups in total. The van der Waals surface area contributed by atoms with Crippen molar-refractivity contribution in [1.82, 2.24) is 0 Å². The van der Waals surface area contributed by atoms with Crippen LogP contribution in [0.2, 0.25) is 0 Å². The molecule has 4 heterocycles. The van der Waals surface area contributed by atoms with Crippen molar-refractivity contribution in [3.05, 3.63) is 0 Å². The molecule has 0 spiro atoms. The van der Waals surface area contributed by atoms with E-state index in [9.17, 15) is 10.2 Å². The van der Waals surface area contributed by atoms with Gasteiger partial charge in [-0.25, -0.2) is 0 Å². The van der Waals surface area contributed by atoms with Gasteiger partial charge in [0.25, 0.3) is 0 Å². The minimum Gasteiger partial charge on any atom is -0.387 e. The molecule has 0 aromatic rings. The van der Waals surface area contributed by atoms with Crippen molar-refractivity contribution in [3.8, 4) is 0 Å². The van der Waals surface area contributed by atoms with E-state index in [4.69, 9.17) is 28.4 Å². The summed E-state index contributed by atoms with van der Waals surface area (Å²) < 4.78 is 34.1. The summed E-state index contributed by atoms with van der Waals surface area (Å²) in [6.45, 7) is 7.16. The first kappa shape index (κ1) is 17.1. The molecule has 0 radical (unpaired) electrons. The summed E-state index contributed by atoms with van der Waals surface area (Å²) in [5, 5.41) is 20.8. The molecule has 0 aromatic carbocycles. The molecule has 0 unspecified atom stereocenters. The summed E-state index contributed by atoms with van der Waals surface area (Å²) in [6, 6.07) is 0. The van der Waals surface area contributed by atoms with E-state index in [-0.39, 0.29) is 0 Å². The second-order valence-electron chi connectivity index (χ2n) is 7.84. The fourth-order valence-electron chi connectivity index (χ4n) is 3.92. The molecule has 8 atom stereocenters. The number of hydrogen-bond acceptors (Lipinski definition) is 8. The molecular formula is C16H26O8. The van der Waals surface area contributed by atoms with E-state index in [0.29, 0.717) is 12.8 Å². The molecule has 4 aliphatic rings. The molecule has 4 rings (SSSR count). The van der Waals surface area contributed by atoms with Gasteiger partial charge in [0.1, 0.15) is 24.4 Å². The lowest BCUT2D eigenvalue weighted by Gasteiger charge is -2.25.